The number of piperidine rings is 1. The van der Waals surface area contributed by atoms with Gasteiger partial charge >= 0.3 is 6.03 Å². The smallest absolute Gasteiger partial charge is 0.317 e. The Bertz CT molecular complexity index is 866. The van der Waals surface area contributed by atoms with Gasteiger partial charge in [-0.2, -0.15) is 0 Å². The highest BCUT2D eigenvalue weighted by molar-refractivity contribution is 5.75. The van der Waals surface area contributed by atoms with Crippen LogP contribution in [0.25, 0.3) is 0 Å². The van der Waals surface area contributed by atoms with Crippen molar-refractivity contribution in [3.63, 3.8) is 0 Å². The van der Waals surface area contributed by atoms with Crippen molar-refractivity contribution in [3.05, 3.63) is 35.4 Å². The van der Waals surface area contributed by atoms with E-state index in [-0.39, 0.29) is 42.6 Å². The second-order valence-electron chi connectivity index (χ2n) is 10.4. The minimum Gasteiger partial charge on any atom is -0.371 e. The first-order valence-corrected chi connectivity index (χ1v) is 13.9. The van der Waals surface area contributed by atoms with Gasteiger partial charge in [-0.1, -0.05) is 51.2 Å². The Morgan fingerprint density at radius 1 is 1.14 bits per heavy atom. The molecule has 1 aliphatic heterocycles. The number of ether oxygens (including phenoxy) is 1. The van der Waals surface area contributed by atoms with E-state index < -0.39 is 17.7 Å². The van der Waals surface area contributed by atoms with Crippen LogP contribution in [0.2, 0.25) is 0 Å². The third-order valence-corrected chi connectivity index (χ3v) is 7.62. The maximum atomic E-state index is 14.8. The predicted molar refractivity (Wildman–Crippen MR) is 140 cm³/mol. The van der Waals surface area contributed by atoms with E-state index in [0.29, 0.717) is 32.0 Å². The highest BCUT2D eigenvalue weighted by Gasteiger charge is 2.34. The number of likely N-dealkylation sites (N-methyl/N-ethyl adjacent to an activating group) is 1. The zero-order chi connectivity index (χ0) is 26.6. The summed E-state index contributed by atoms with van der Waals surface area (Å²) in [4.78, 5) is 26.6. The molecule has 208 valence electrons. The molecule has 0 aromatic heterocycles. The molecule has 3 unspecified atom stereocenters. The number of urea groups is 1. The van der Waals surface area contributed by atoms with Gasteiger partial charge in [0.2, 0.25) is 5.91 Å². The molecule has 3 amide bonds. The lowest BCUT2D eigenvalue weighted by molar-refractivity contribution is -0.121. The zero-order valence-corrected chi connectivity index (χ0v) is 22.4. The quantitative estimate of drug-likeness (QED) is 0.352. The molecule has 0 spiro atoms. The molecule has 9 heteroatoms. The number of nitrogens with one attached hydrogen (secondary N) is 3. The minimum atomic E-state index is -0.923. The molecular weight excluding hydrogens is 478 g/mol. The number of amides is 3. The summed E-state index contributed by atoms with van der Waals surface area (Å²) in [5, 5.41) is 9.18. The van der Waals surface area contributed by atoms with Gasteiger partial charge in [-0.15, -0.1) is 0 Å². The van der Waals surface area contributed by atoms with Crippen molar-refractivity contribution in [2.75, 3.05) is 39.8 Å². The first kappa shape index (κ1) is 29.3. The summed E-state index contributed by atoms with van der Waals surface area (Å²) in [7, 11) is 1.90. The summed E-state index contributed by atoms with van der Waals surface area (Å²) in [6.07, 6.45) is 8.36. The highest BCUT2D eigenvalue weighted by Crippen LogP contribution is 2.35. The molecule has 1 heterocycles. The Labute approximate surface area is 220 Å². The van der Waals surface area contributed by atoms with Gasteiger partial charge in [0.15, 0.2) is 11.6 Å². The van der Waals surface area contributed by atoms with Crippen LogP contribution in [0.4, 0.5) is 13.6 Å². The van der Waals surface area contributed by atoms with Gasteiger partial charge < -0.3 is 25.6 Å². The van der Waals surface area contributed by atoms with Gasteiger partial charge in [0, 0.05) is 50.1 Å². The lowest BCUT2D eigenvalue weighted by Crippen LogP contribution is -2.52. The molecule has 1 saturated carbocycles. The summed E-state index contributed by atoms with van der Waals surface area (Å²) in [6.45, 7) is 3.93. The first-order valence-electron chi connectivity index (χ1n) is 13.9. The molecule has 3 rings (SSSR count). The maximum absolute atomic E-state index is 14.8. The Balaban J connectivity index is 1.66. The van der Waals surface area contributed by atoms with Crippen molar-refractivity contribution in [2.45, 2.75) is 76.9 Å². The van der Waals surface area contributed by atoms with E-state index in [1.807, 2.05) is 7.05 Å². The zero-order valence-electron chi connectivity index (χ0n) is 22.4. The number of likely N-dealkylation sites (tertiary alicyclic amines) is 1. The summed E-state index contributed by atoms with van der Waals surface area (Å²) in [5.74, 6) is -1.49. The first-order chi connectivity index (χ1) is 17.9. The van der Waals surface area contributed by atoms with Crippen molar-refractivity contribution >= 4 is 11.9 Å². The van der Waals surface area contributed by atoms with E-state index in [2.05, 4.69) is 16.0 Å². The number of nitrogens with zero attached hydrogens (tertiary/aromatic N) is 1. The van der Waals surface area contributed by atoms with Gasteiger partial charge in [-0.3, -0.25) is 4.79 Å². The Kier molecular flexibility index (Phi) is 12.1. The number of rotatable bonds is 12. The molecule has 0 radical (unpaired) electrons. The average Bonchev–Trinajstić information content (AvgIpc) is 2.91. The SMILES string of the molecule is CCC(=O)NCCOC(c1cccc(F)c1F)C1CCCN(C(=O)NC(CNC)CC2CCCCC2)C1. The van der Waals surface area contributed by atoms with Crippen LogP contribution in [-0.2, 0) is 9.53 Å². The molecule has 3 atom stereocenters. The van der Waals surface area contributed by atoms with Crippen molar-refractivity contribution in [3.8, 4) is 0 Å². The van der Waals surface area contributed by atoms with Crippen molar-refractivity contribution in [1.82, 2.24) is 20.9 Å². The highest BCUT2D eigenvalue weighted by atomic mass is 19.2. The molecule has 3 N–H and O–H groups in total. The van der Waals surface area contributed by atoms with E-state index in [1.54, 1.807) is 17.9 Å². The lowest BCUT2D eigenvalue weighted by Gasteiger charge is -2.38. The topological polar surface area (TPSA) is 82.7 Å². The van der Waals surface area contributed by atoms with Crippen molar-refractivity contribution < 1.29 is 23.1 Å². The average molecular weight is 523 g/mol. The van der Waals surface area contributed by atoms with Crippen LogP contribution in [0.15, 0.2) is 18.2 Å². The van der Waals surface area contributed by atoms with E-state index in [1.165, 1.54) is 38.2 Å². The van der Waals surface area contributed by atoms with E-state index in [0.717, 1.165) is 25.3 Å². The largest absolute Gasteiger partial charge is 0.371 e. The molecule has 7 nitrogen and oxygen atoms in total. The summed E-state index contributed by atoms with van der Waals surface area (Å²) < 4.78 is 35.0. The van der Waals surface area contributed by atoms with Crippen molar-refractivity contribution in [1.29, 1.82) is 0 Å². The van der Waals surface area contributed by atoms with Gasteiger partial charge in [0.05, 0.1) is 12.7 Å². The molecule has 2 aliphatic rings. The van der Waals surface area contributed by atoms with Crippen LogP contribution in [0, 0.1) is 23.5 Å². The third kappa shape index (κ3) is 8.92. The fourth-order valence-electron chi connectivity index (χ4n) is 5.69. The molecular formula is C28H44F2N4O3. The molecule has 0 bridgehead atoms. The molecule has 1 aliphatic carbocycles. The second kappa shape index (κ2) is 15.2. The van der Waals surface area contributed by atoms with Gasteiger partial charge in [0.25, 0.3) is 0 Å². The molecule has 37 heavy (non-hydrogen) atoms. The van der Waals surface area contributed by atoms with Gasteiger partial charge in [-0.25, -0.2) is 13.6 Å². The Morgan fingerprint density at radius 2 is 1.92 bits per heavy atom. The number of hydrogen-bond acceptors (Lipinski definition) is 4. The van der Waals surface area contributed by atoms with Crippen LogP contribution in [-0.4, -0.2) is 62.7 Å². The lowest BCUT2D eigenvalue weighted by atomic mass is 9.85. The Hall–Kier alpha value is -2.26. The van der Waals surface area contributed by atoms with Crippen LogP contribution in [0.3, 0.4) is 0 Å². The van der Waals surface area contributed by atoms with E-state index in [4.69, 9.17) is 4.74 Å². The number of carbonyl (C=O) groups is 2. The molecule has 1 aromatic carbocycles. The second-order valence-corrected chi connectivity index (χ2v) is 10.4. The van der Waals surface area contributed by atoms with Gasteiger partial charge in [-0.05, 0) is 38.3 Å². The monoisotopic (exact) mass is 522 g/mol. The van der Waals surface area contributed by atoms with Crippen LogP contribution in [0.1, 0.15) is 76.4 Å². The predicted octanol–water partition coefficient (Wildman–Crippen LogP) is 4.53. The third-order valence-electron chi connectivity index (χ3n) is 7.62. The fourth-order valence-corrected chi connectivity index (χ4v) is 5.69. The number of carbonyl (C=O) groups excluding carboxylic acids is 2. The summed E-state index contributed by atoms with van der Waals surface area (Å²) in [5.41, 5.74) is 0.152. The van der Waals surface area contributed by atoms with Crippen LogP contribution in [0.5, 0.6) is 0 Å². The van der Waals surface area contributed by atoms with E-state index >= 15 is 0 Å². The van der Waals surface area contributed by atoms with E-state index in [9.17, 15) is 18.4 Å². The summed E-state index contributed by atoms with van der Waals surface area (Å²) >= 11 is 0. The molecule has 1 aromatic rings. The van der Waals surface area contributed by atoms with Crippen LogP contribution < -0.4 is 16.0 Å². The molecule has 1 saturated heterocycles. The minimum absolute atomic E-state index is 0.0517. The summed E-state index contributed by atoms with van der Waals surface area (Å²) in [6, 6.07) is 4.04. The van der Waals surface area contributed by atoms with Gasteiger partial charge in [0.1, 0.15) is 0 Å². The van der Waals surface area contributed by atoms with Crippen LogP contribution >= 0.6 is 0 Å². The fraction of sp³-hybridized carbons (Fsp3) is 0.714. The Morgan fingerprint density at radius 3 is 2.65 bits per heavy atom. The number of hydrogen-bond donors (Lipinski definition) is 3. The number of halogens is 2. The van der Waals surface area contributed by atoms with Crippen molar-refractivity contribution in [2.24, 2.45) is 11.8 Å². The standard InChI is InChI=1S/C28H44F2N4O3/c1-3-25(35)32-14-16-37-27(23-12-7-13-24(29)26(23)30)21-11-8-15-34(19-21)28(36)33-22(18-31-2)17-20-9-5-4-6-10-20/h7,12-13,20-22,27,31H,3-6,8-11,14-19H2,1-2H3,(H,32,35)(H,33,36). The normalized spacial score (nSPS) is 20.3. The maximum Gasteiger partial charge on any atom is 0.317 e. The molecule has 2 fully saturated rings. The number of benzene rings is 1.